The van der Waals surface area contributed by atoms with Gasteiger partial charge in [-0.1, -0.05) is 0 Å². The molecule has 1 atom stereocenters. The van der Waals surface area contributed by atoms with E-state index in [1.807, 2.05) is 6.07 Å². The Bertz CT molecular complexity index is 502. The molecule has 0 aliphatic rings. The van der Waals surface area contributed by atoms with Crippen LogP contribution >= 0.6 is 11.8 Å². The lowest BCUT2D eigenvalue weighted by Gasteiger charge is -2.10. The van der Waals surface area contributed by atoms with Gasteiger partial charge in [0.25, 0.3) is 0 Å². The number of nitriles is 1. The maximum Gasteiger partial charge on any atom is 0.322 e. The molecule has 0 saturated heterocycles. The molecule has 1 aromatic rings. The lowest BCUT2D eigenvalue weighted by atomic mass is 10.1. The Hall–Kier alpha value is -1.58. The zero-order chi connectivity index (χ0) is 15.0. The summed E-state index contributed by atoms with van der Waals surface area (Å²) in [5.41, 5.74) is 6.57. The Morgan fingerprint density at radius 3 is 3.00 bits per heavy atom. The van der Waals surface area contributed by atoms with Crippen molar-refractivity contribution in [2.75, 3.05) is 12.4 Å². The predicted molar refractivity (Wildman–Crippen MR) is 76.5 cm³/mol. The number of carbonyl (C=O) groups excluding carboxylic acids is 1. The van der Waals surface area contributed by atoms with Crippen LogP contribution < -0.4 is 5.73 Å². The Balaban J connectivity index is 2.38. The topological polar surface area (TPSA) is 76.1 Å². The quantitative estimate of drug-likeness (QED) is 0.616. The summed E-state index contributed by atoms with van der Waals surface area (Å²) in [6.07, 6.45) is 0.475. The summed E-state index contributed by atoms with van der Waals surface area (Å²) in [5.74, 6) is 0.324. The van der Waals surface area contributed by atoms with Gasteiger partial charge < -0.3 is 10.5 Å². The van der Waals surface area contributed by atoms with Crippen LogP contribution in [0, 0.1) is 17.1 Å². The van der Waals surface area contributed by atoms with Gasteiger partial charge in [-0.05, 0) is 42.9 Å². The average molecular weight is 296 g/mol. The lowest BCUT2D eigenvalue weighted by Crippen LogP contribution is -2.32. The van der Waals surface area contributed by atoms with Crippen molar-refractivity contribution in [3.63, 3.8) is 0 Å². The number of rotatable bonds is 7. The zero-order valence-corrected chi connectivity index (χ0v) is 12.1. The van der Waals surface area contributed by atoms with Gasteiger partial charge in [-0.3, -0.25) is 4.79 Å². The third kappa shape index (κ3) is 5.19. The molecule has 1 unspecified atom stereocenters. The highest BCUT2D eigenvalue weighted by Crippen LogP contribution is 2.18. The van der Waals surface area contributed by atoms with Crippen molar-refractivity contribution in [3.8, 4) is 6.07 Å². The Morgan fingerprint density at radius 1 is 1.60 bits per heavy atom. The van der Waals surface area contributed by atoms with Crippen LogP contribution in [0.2, 0.25) is 0 Å². The number of nitrogens with zero attached hydrogens (tertiary/aromatic N) is 1. The Kier molecular flexibility index (Phi) is 7.05. The molecule has 0 fully saturated rings. The number of hydrogen-bond acceptors (Lipinski definition) is 5. The number of halogens is 1. The van der Waals surface area contributed by atoms with Gasteiger partial charge in [0.15, 0.2) is 0 Å². The molecule has 20 heavy (non-hydrogen) atoms. The molecule has 0 heterocycles. The SMILES string of the molecule is CCOC(=O)C(N)CCSCc1cc(C#N)ccc1F. The first-order chi connectivity index (χ1) is 9.58. The number of carbonyl (C=O) groups is 1. The number of thioether (sulfide) groups is 1. The van der Waals surface area contributed by atoms with Crippen LogP contribution in [-0.2, 0) is 15.3 Å². The molecule has 6 heteroatoms. The Labute approximate surface area is 122 Å². The van der Waals surface area contributed by atoms with Crippen molar-refractivity contribution in [3.05, 3.63) is 35.1 Å². The fourth-order valence-electron chi connectivity index (χ4n) is 1.51. The summed E-state index contributed by atoms with van der Waals surface area (Å²) in [6.45, 7) is 2.04. The fraction of sp³-hybridized carbons (Fsp3) is 0.429. The third-order valence-corrected chi connectivity index (χ3v) is 3.63. The number of benzene rings is 1. The molecule has 0 radical (unpaired) electrons. The van der Waals surface area contributed by atoms with Crippen molar-refractivity contribution >= 4 is 17.7 Å². The minimum Gasteiger partial charge on any atom is -0.465 e. The van der Waals surface area contributed by atoms with Crippen molar-refractivity contribution in [1.29, 1.82) is 5.26 Å². The summed E-state index contributed by atoms with van der Waals surface area (Å²) < 4.78 is 18.3. The standard InChI is InChI=1S/C14H17FN2O2S/c1-2-19-14(18)13(17)5-6-20-9-11-7-10(8-16)3-4-12(11)15/h3-4,7,13H,2,5-6,9,17H2,1H3. The van der Waals surface area contributed by atoms with Crippen LogP contribution in [0.25, 0.3) is 0 Å². The normalized spacial score (nSPS) is 11.7. The second-order valence-electron chi connectivity index (χ2n) is 4.12. The highest BCUT2D eigenvalue weighted by molar-refractivity contribution is 7.98. The van der Waals surface area contributed by atoms with Gasteiger partial charge >= 0.3 is 5.97 Å². The smallest absolute Gasteiger partial charge is 0.322 e. The van der Waals surface area contributed by atoms with E-state index in [1.54, 1.807) is 6.92 Å². The van der Waals surface area contributed by atoms with E-state index in [2.05, 4.69) is 0 Å². The summed E-state index contributed by atoms with van der Waals surface area (Å²) in [7, 11) is 0. The molecular formula is C14H17FN2O2S. The summed E-state index contributed by atoms with van der Waals surface area (Å²) >= 11 is 1.47. The van der Waals surface area contributed by atoms with Crippen molar-refractivity contribution in [2.24, 2.45) is 5.73 Å². The molecule has 1 rings (SSSR count). The first-order valence-corrected chi connectivity index (χ1v) is 7.42. The van der Waals surface area contributed by atoms with E-state index in [9.17, 15) is 9.18 Å². The summed E-state index contributed by atoms with van der Waals surface area (Å²) in [5, 5.41) is 8.76. The molecule has 0 spiro atoms. The van der Waals surface area contributed by atoms with Gasteiger partial charge in [0.2, 0.25) is 0 Å². The second kappa shape index (κ2) is 8.56. The van der Waals surface area contributed by atoms with E-state index in [-0.39, 0.29) is 5.82 Å². The monoisotopic (exact) mass is 296 g/mol. The van der Waals surface area contributed by atoms with Gasteiger partial charge in [-0.25, -0.2) is 4.39 Å². The minimum absolute atomic E-state index is 0.311. The molecule has 108 valence electrons. The fourth-order valence-corrected chi connectivity index (χ4v) is 2.52. The van der Waals surface area contributed by atoms with Crippen molar-refractivity contribution < 1.29 is 13.9 Å². The van der Waals surface area contributed by atoms with Crippen molar-refractivity contribution in [1.82, 2.24) is 0 Å². The maximum absolute atomic E-state index is 13.5. The molecule has 2 N–H and O–H groups in total. The molecule has 0 bridgehead atoms. The lowest BCUT2D eigenvalue weighted by molar-refractivity contribution is -0.144. The van der Waals surface area contributed by atoms with E-state index in [0.717, 1.165) is 0 Å². The Morgan fingerprint density at radius 2 is 2.35 bits per heavy atom. The molecule has 0 aromatic heterocycles. The van der Waals surface area contributed by atoms with Crippen LogP contribution in [-0.4, -0.2) is 24.4 Å². The highest BCUT2D eigenvalue weighted by Gasteiger charge is 2.14. The summed E-state index contributed by atoms with van der Waals surface area (Å²) in [6, 6.07) is 5.60. The number of hydrogen-bond donors (Lipinski definition) is 1. The molecule has 1 aromatic carbocycles. The molecule has 0 aliphatic carbocycles. The van der Waals surface area contributed by atoms with Crippen molar-refractivity contribution in [2.45, 2.75) is 25.1 Å². The first-order valence-electron chi connectivity index (χ1n) is 6.27. The van der Waals surface area contributed by atoms with E-state index in [1.165, 1.54) is 30.0 Å². The molecule has 0 amide bonds. The zero-order valence-electron chi connectivity index (χ0n) is 11.3. The predicted octanol–water partition coefficient (Wildman–Crippen LogP) is 2.21. The second-order valence-corrected chi connectivity index (χ2v) is 5.22. The maximum atomic E-state index is 13.5. The number of ether oxygens (including phenoxy) is 1. The van der Waals surface area contributed by atoms with Crippen LogP contribution in [0.4, 0.5) is 4.39 Å². The van der Waals surface area contributed by atoms with E-state index >= 15 is 0 Å². The molecule has 0 saturated carbocycles. The molecule has 0 aliphatic heterocycles. The van der Waals surface area contributed by atoms with Crippen LogP contribution in [0.1, 0.15) is 24.5 Å². The number of nitrogens with two attached hydrogens (primary N) is 1. The third-order valence-electron chi connectivity index (χ3n) is 2.59. The van der Waals surface area contributed by atoms with Crippen LogP contribution in [0.15, 0.2) is 18.2 Å². The van der Waals surface area contributed by atoms with E-state index in [0.29, 0.717) is 35.7 Å². The largest absolute Gasteiger partial charge is 0.465 e. The van der Waals surface area contributed by atoms with E-state index in [4.69, 9.17) is 15.7 Å². The van der Waals surface area contributed by atoms with Gasteiger partial charge in [0.05, 0.1) is 18.2 Å². The van der Waals surface area contributed by atoms with Gasteiger partial charge in [-0.15, -0.1) is 0 Å². The molecule has 4 nitrogen and oxygen atoms in total. The van der Waals surface area contributed by atoms with Gasteiger partial charge in [-0.2, -0.15) is 17.0 Å². The summed E-state index contributed by atoms with van der Waals surface area (Å²) in [4.78, 5) is 11.3. The van der Waals surface area contributed by atoms with Crippen LogP contribution in [0.3, 0.4) is 0 Å². The first kappa shape index (κ1) is 16.5. The van der Waals surface area contributed by atoms with E-state index < -0.39 is 12.0 Å². The number of esters is 1. The average Bonchev–Trinajstić information content (AvgIpc) is 2.45. The molecular weight excluding hydrogens is 279 g/mol. The highest BCUT2D eigenvalue weighted by atomic mass is 32.2. The van der Waals surface area contributed by atoms with Crippen LogP contribution in [0.5, 0.6) is 0 Å². The van der Waals surface area contributed by atoms with Gasteiger partial charge in [0, 0.05) is 5.75 Å². The van der Waals surface area contributed by atoms with Gasteiger partial charge in [0.1, 0.15) is 11.9 Å². The minimum atomic E-state index is -0.641.